The molecule has 0 fully saturated rings. The van der Waals surface area contributed by atoms with Crippen LogP contribution in [-0.4, -0.2) is 30.8 Å². The third kappa shape index (κ3) is 3.06. The molecule has 0 amide bonds. The second-order valence-electron chi connectivity index (χ2n) is 6.19. The fourth-order valence-electron chi connectivity index (χ4n) is 3.13. The maximum Gasteiger partial charge on any atom is 0.232 e. The number of hydrogen-bond donors (Lipinski definition) is 0. The van der Waals surface area contributed by atoms with Gasteiger partial charge < -0.3 is 4.57 Å². The summed E-state index contributed by atoms with van der Waals surface area (Å²) < 4.78 is 27.3. The van der Waals surface area contributed by atoms with Gasteiger partial charge in [-0.25, -0.2) is 18.4 Å². The van der Waals surface area contributed by atoms with Crippen LogP contribution in [0.4, 0.5) is 11.5 Å². The minimum absolute atomic E-state index is 0.508. The summed E-state index contributed by atoms with van der Waals surface area (Å²) in [6.07, 6.45) is 3.71. The number of fused-ring (bicyclic) bond motifs is 1. The van der Waals surface area contributed by atoms with Crippen molar-refractivity contribution in [1.29, 1.82) is 0 Å². The van der Waals surface area contributed by atoms with Crippen LogP contribution in [0.5, 0.6) is 0 Å². The van der Waals surface area contributed by atoms with Gasteiger partial charge in [-0.05, 0) is 41.8 Å². The van der Waals surface area contributed by atoms with Crippen molar-refractivity contribution in [2.75, 3.05) is 17.1 Å². The normalized spacial score (nSPS) is 14.7. The number of benzene rings is 1. The highest BCUT2D eigenvalue weighted by atomic mass is 32.2. The lowest BCUT2D eigenvalue weighted by atomic mass is 10.1. The fraction of sp³-hybridized carbons (Fsp3) is 0.222. The van der Waals surface area contributed by atoms with Crippen LogP contribution in [0, 0.1) is 0 Å². The van der Waals surface area contributed by atoms with Crippen molar-refractivity contribution in [1.82, 2.24) is 9.55 Å². The molecule has 3 heterocycles. The number of anilines is 1. The first-order valence-corrected chi connectivity index (χ1v) is 10.9. The van der Waals surface area contributed by atoms with Crippen LogP contribution >= 0.6 is 11.3 Å². The zero-order valence-electron chi connectivity index (χ0n) is 14.5. The molecule has 0 N–H and O–H groups in total. The Bertz CT molecular complexity index is 1130. The fourth-order valence-corrected chi connectivity index (χ4v) is 5.00. The molecule has 0 atom stereocenters. The number of hydrogen-bond acceptors (Lipinski definition) is 5. The van der Waals surface area contributed by atoms with Gasteiger partial charge in [-0.3, -0.25) is 4.31 Å². The van der Waals surface area contributed by atoms with E-state index < -0.39 is 10.0 Å². The maximum atomic E-state index is 11.9. The molecule has 2 aromatic heterocycles. The van der Waals surface area contributed by atoms with Gasteiger partial charge in [0.25, 0.3) is 0 Å². The summed E-state index contributed by atoms with van der Waals surface area (Å²) in [6, 6.07) is 11.6. The molecule has 1 aliphatic rings. The third-order valence-corrected chi connectivity index (χ3v) is 6.51. The average Bonchev–Trinajstić information content (AvgIpc) is 3.19. The molecule has 4 rings (SSSR count). The predicted molar refractivity (Wildman–Crippen MR) is 104 cm³/mol. The van der Waals surface area contributed by atoms with Gasteiger partial charge in [-0.15, -0.1) is 11.3 Å². The van der Waals surface area contributed by atoms with E-state index in [9.17, 15) is 8.42 Å². The molecule has 8 heteroatoms. The number of aromatic nitrogens is 2. The molecular formula is C18H18N4O2S2. The number of nitrogens with zero attached hydrogens (tertiary/aromatic N) is 4. The van der Waals surface area contributed by atoms with Crippen LogP contribution in [0.3, 0.4) is 0 Å². The Kier molecular flexibility index (Phi) is 4.16. The SMILES string of the molecule is Cn1c(-c2ccc3c(c2)CCN3S(C)(=O)=O)cs/c1=N\c1ccccn1. The molecule has 1 aromatic carbocycles. The first kappa shape index (κ1) is 17.0. The Labute approximate surface area is 156 Å². The van der Waals surface area contributed by atoms with E-state index in [1.165, 1.54) is 10.6 Å². The number of pyridine rings is 1. The summed E-state index contributed by atoms with van der Waals surface area (Å²) in [7, 11) is -1.25. The van der Waals surface area contributed by atoms with Crippen LogP contribution < -0.4 is 9.11 Å². The van der Waals surface area contributed by atoms with Gasteiger partial charge in [0.15, 0.2) is 10.6 Å². The van der Waals surface area contributed by atoms with Crippen molar-refractivity contribution in [3.05, 3.63) is 58.3 Å². The molecule has 0 unspecified atom stereocenters. The van der Waals surface area contributed by atoms with Crippen molar-refractivity contribution >= 4 is 32.9 Å². The number of thiazole rings is 1. The van der Waals surface area contributed by atoms with Crippen LogP contribution in [0.2, 0.25) is 0 Å². The summed E-state index contributed by atoms with van der Waals surface area (Å²) in [4.78, 5) is 9.68. The summed E-state index contributed by atoms with van der Waals surface area (Å²) in [6.45, 7) is 0.508. The highest BCUT2D eigenvalue weighted by Crippen LogP contribution is 2.33. The van der Waals surface area contributed by atoms with Crippen LogP contribution in [-0.2, 0) is 23.5 Å². The number of sulfonamides is 1. The predicted octanol–water partition coefficient (Wildman–Crippen LogP) is 2.70. The second kappa shape index (κ2) is 6.37. The summed E-state index contributed by atoms with van der Waals surface area (Å²) >= 11 is 1.55. The first-order valence-electron chi connectivity index (χ1n) is 8.15. The molecule has 0 bridgehead atoms. The highest BCUT2D eigenvalue weighted by molar-refractivity contribution is 7.92. The summed E-state index contributed by atoms with van der Waals surface area (Å²) in [5.74, 6) is 0.675. The topological polar surface area (TPSA) is 67.6 Å². The molecule has 0 saturated carbocycles. The van der Waals surface area contributed by atoms with Gasteiger partial charge in [0, 0.05) is 25.2 Å². The summed E-state index contributed by atoms with van der Waals surface area (Å²) in [5, 5.41) is 2.06. The Morgan fingerprint density at radius 3 is 2.81 bits per heavy atom. The second-order valence-corrected chi connectivity index (χ2v) is 8.93. The minimum atomic E-state index is -3.22. The van der Waals surface area contributed by atoms with Crippen LogP contribution in [0.15, 0.2) is 53.0 Å². The van der Waals surface area contributed by atoms with Crippen molar-refractivity contribution in [3.8, 4) is 11.3 Å². The van der Waals surface area contributed by atoms with E-state index in [-0.39, 0.29) is 0 Å². The zero-order valence-corrected chi connectivity index (χ0v) is 16.1. The third-order valence-electron chi connectivity index (χ3n) is 4.41. The molecule has 3 aromatic rings. The smallest absolute Gasteiger partial charge is 0.232 e. The molecular weight excluding hydrogens is 368 g/mol. The van der Waals surface area contributed by atoms with Gasteiger partial charge in [-0.1, -0.05) is 12.1 Å². The molecule has 0 radical (unpaired) electrons. The number of rotatable bonds is 3. The van der Waals surface area contributed by atoms with E-state index in [0.29, 0.717) is 12.4 Å². The quantitative estimate of drug-likeness (QED) is 0.695. The average molecular weight is 387 g/mol. The van der Waals surface area contributed by atoms with Crippen molar-refractivity contribution < 1.29 is 8.42 Å². The van der Waals surface area contributed by atoms with Crippen LogP contribution in [0.1, 0.15) is 5.56 Å². The maximum absolute atomic E-state index is 11.9. The van der Waals surface area contributed by atoms with Gasteiger partial charge in [-0.2, -0.15) is 0 Å². The van der Waals surface area contributed by atoms with Gasteiger partial charge >= 0.3 is 0 Å². The van der Waals surface area contributed by atoms with Crippen molar-refractivity contribution in [3.63, 3.8) is 0 Å². The molecule has 1 aliphatic heterocycles. The van der Waals surface area contributed by atoms with Gasteiger partial charge in [0.05, 0.1) is 17.6 Å². The van der Waals surface area contributed by atoms with Crippen molar-refractivity contribution in [2.45, 2.75) is 6.42 Å². The van der Waals surface area contributed by atoms with E-state index in [2.05, 4.69) is 21.4 Å². The summed E-state index contributed by atoms with van der Waals surface area (Å²) in [5.41, 5.74) is 3.94. The Morgan fingerprint density at radius 2 is 2.08 bits per heavy atom. The molecule has 26 heavy (non-hydrogen) atoms. The Hall–Kier alpha value is -2.45. The molecule has 134 valence electrons. The minimum Gasteiger partial charge on any atom is -0.320 e. The molecule has 0 aliphatic carbocycles. The van der Waals surface area contributed by atoms with E-state index in [0.717, 1.165) is 33.7 Å². The van der Waals surface area contributed by atoms with E-state index >= 15 is 0 Å². The van der Waals surface area contributed by atoms with Crippen LogP contribution in [0.25, 0.3) is 11.3 Å². The lowest BCUT2D eigenvalue weighted by Gasteiger charge is -2.16. The molecule has 0 spiro atoms. The standard InChI is InChI=1S/C18H18N4O2S2/c1-21-16(12-25-18(21)20-17-5-3-4-9-19-17)13-6-7-15-14(11-13)8-10-22(15)26(2,23)24/h3-7,9,11-12H,8,10H2,1-2H3/b20-18-. The van der Waals surface area contributed by atoms with Crippen molar-refractivity contribution in [2.24, 2.45) is 12.0 Å². The Balaban J connectivity index is 1.73. The largest absolute Gasteiger partial charge is 0.320 e. The molecule has 6 nitrogen and oxygen atoms in total. The lowest BCUT2D eigenvalue weighted by molar-refractivity contribution is 0.598. The monoisotopic (exact) mass is 386 g/mol. The van der Waals surface area contributed by atoms with E-state index in [4.69, 9.17) is 0 Å². The van der Waals surface area contributed by atoms with E-state index in [1.54, 1.807) is 17.5 Å². The zero-order chi connectivity index (χ0) is 18.3. The highest BCUT2D eigenvalue weighted by Gasteiger charge is 2.26. The van der Waals surface area contributed by atoms with Gasteiger partial charge in [0.1, 0.15) is 0 Å². The van der Waals surface area contributed by atoms with Gasteiger partial charge in [0.2, 0.25) is 10.0 Å². The lowest BCUT2D eigenvalue weighted by Crippen LogP contribution is -2.27. The Morgan fingerprint density at radius 1 is 1.23 bits per heavy atom. The first-order chi connectivity index (χ1) is 12.4. The molecule has 0 saturated heterocycles. The van der Waals surface area contributed by atoms with E-state index in [1.807, 2.05) is 41.9 Å².